The predicted octanol–water partition coefficient (Wildman–Crippen LogP) is 9.47. The van der Waals surface area contributed by atoms with Crippen LogP contribution in [0.15, 0.2) is 48.7 Å². The summed E-state index contributed by atoms with van der Waals surface area (Å²) in [4.78, 5) is 10.9. The molecule has 1 fully saturated rings. The van der Waals surface area contributed by atoms with Gasteiger partial charge in [0.2, 0.25) is 5.95 Å². The molecule has 0 atom stereocenters. The molecule has 1 saturated carbocycles. The van der Waals surface area contributed by atoms with Crippen LogP contribution in [0.3, 0.4) is 0 Å². The zero-order valence-electron chi connectivity index (χ0n) is 28.6. The van der Waals surface area contributed by atoms with Gasteiger partial charge >= 0.3 is 12.4 Å². The second kappa shape index (κ2) is 18.3. The minimum Gasteiger partial charge on any atom is -0.393 e. The van der Waals surface area contributed by atoms with Gasteiger partial charge in [0.1, 0.15) is 5.82 Å². The van der Waals surface area contributed by atoms with Crippen LogP contribution < -0.4 is 10.6 Å². The van der Waals surface area contributed by atoms with Gasteiger partial charge in [0.05, 0.1) is 28.5 Å². The number of aromatic nitrogens is 2. The topological polar surface area (TPSA) is 97.2 Å². The van der Waals surface area contributed by atoms with Crippen LogP contribution in [0, 0.1) is 5.41 Å². The Bertz CT molecular complexity index is 1440. The normalized spacial score (nSPS) is 16.6. The summed E-state index contributed by atoms with van der Waals surface area (Å²) in [5.74, 6) is -0.0276. The molecule has 1 aliphatic rings. The standard InChI is InChI=1S/C27H27F6N5O.C9H21N/c1-2-15-3-5-16(6-4-15)23(34)22-14-35-25(38-24(22)36-19-7-9-21(39)10-8-19)37-20-12-17(26(28,29)30)11-18(13-20)27(31,32)33;1-4-6-7-9-10(3)8-5-2/h3-6,11-14,19,21,34,39H,2,7-10H2,1H3,(H2,35,36,37,38);4-9H2,1-3H3. The summed E-state index contributed by atoms with van der Waals surface area (Å²) in [5.41, 5.74) is -1.33. The molecule has 0 spiro atoms. The van der Waals surface area contributed by atoms with Crippen molar-refractivity contribution in [1.29, 1.82) is 5.41 Å². The van der Waals surface area contributed by atoms with E-state index in [4.69, 9.17) is 5.41 Å². The first-order valence-corrected chi connectivity index (χ1v) is 16.9. The molecule has 0 radical (unpaired) electrons. The van der Waals surface area contributed by atoms with E-state index < -0.39 is 35.3 Å². The third-order valence-electron chi connectivity index (χ3n) is 8.34. The Morgan fingerprint density at radius 2 is 1.49 bits per heavy atom. The number of hydrogen-bond acceptors (Lipinski definition) is 7. The van der Waals surface area contributed by atoms with Crippen molar-refractivity contribution in [2.75, 3.05) is 30.8 Å². The number of anilines is 3. The zero-order valence-corrected chi connectivity index (χ0v) is 28.6. The summed E-state index contributed by atoms with van der Waals surface area (Å²) in [5, 5.41) is 24.3. The van der Waals surface area contributed by atoms with Crippen molar-refractivity contribution in [1.82, 2.24) is 14.9 Å². The van der Waals surface area contributed by atoms with Crippen LogP contribution in [-0.2, 0) is 18.8 Å². The number of aliphatic hydroxyl groups is 1. The van der Waals surface area contributed by atoms with Crippen LogP contribution in [0.4, 0.5) is 43.8 Å². The van der Waals surface area contributed by atoms with Crippen molar-refractivity contribution in [2.45, 2.75) is 103 Å². The highest BCUT2D eigenvalue weighted by Crippen LogP contribution is 2.38. The van der Waals surface area contributed by atoms with Crippen LogP contribution in [-0.4, -0.2) is 58.0 Å². The summed E-state index contributed by atoms with van der Waals surface area (Å²) in [6, 6.07) is 8.41. The van der Waals surface area contributed by atoms with Gasteiger partial charge in [-0.25, -0.2) is 4.98 Å². The molecular formula is C36H48F6N6O. The highest BCUT2D eigenvalue weighted by atomic mass is 19.4. The molecule has 13 heteroatoms. The lowest BCUT2D eigenvalue weighted by Crippen LogP contribution is -2.29. The van der Waals surface area contributed by atoms with E-state index in [0.29, 0.717) is 48.9 Å². The zero-order chi connectivity index (χ0) is 36.2. The van der Waals surface area contributed by atoms with Gasteiger partial charge < -0.3 is 20.6 Å². The van der Waals surface area contributed by atoms with E-state index in [1.165, 1.54) is 45.0 Å². The average molecular weight is 695 g/mol. The van der Waals surface area contributed by atoms with Gasteiger partial charge in [0.25, 0.3) is 0 Å². The minimum absolute atomic E-state index is 0.0464. The van der Waals surface area contributed by atoms with Gasteiger partial charge in [-0.15, -0.1) is 0 Å². The lowest BCUT2D eigenvalue weighted by atomic mass is 9.93. The van der Waals surface area contributed by atoms with Crippen molar-refractivity contribution >= 4 is 23.2 Å². The number of benzene rings is 2. The van der Waals surface area contributed by atoms with Gasteiger partial charge in [-0.2, -0.15) is 31.3 Å². The molecule has 1 aromatic heterocycles. The van der Waals surface area contributed by atoms with Gasteiger partial charge in [0, 0.05) is 23.5 Å². The lowest BCUT2D eigenvalue weighted by molar-refractivity contribution is -0.143. The maximum atomic E-state index is 13.3. The molecule has 0 saturated heterocycles. The Morgan fingerprint density at radius 3 is 2.02 bits per heavy atom. The molecule has 4 N–H and O–H groups in total. The van der Waals surface area contributed by atoms with E-state index in [1.807, 2.05) is 19.1 Å². The second-order valence-electron chi connectivity index (χ2n) is 12.5. The molecule has 49 heavy (non-hydrogen) atoms. The highest BCUT2D eigenvalue weighted by Gasteiger charge is 2.37. The Hall–Kier alpha value is -3.71. The third kappa shape index (κ3) is 12.6. The third-order valence-corrected chi connectivity index (χ3v) is 8.34. The number of aliphatic hydroxyl groups excluding tert-OH is 1. The molecule has 0 bridgehead atoms. The number of halogens is 6. The Kier molecular flexibility index (Phi) is 14.9. The monoisotopic (exact) mass is 694 g/mol. The fourth-order valence-corrected chi connectivity index (χ4v) is 5.49. The molecule has 1 aliphatic carbocycles. The van der Waals surface area contributed by atoms with Crippen molar-refractivity contribution in [3.05, 3.63) is 76.5 Å². The Morgan fingerprint density at radius 1 is 0.878 bits per heavy atom. The van der Waals surface area contributed by atoms with Crippen molar-refractivity contribution in [3.8, 4) is 0 Å². The van der Waals surface area contributed by atoms with Gasteiger partial charge in [-0.3, -0.25) is 5.41 Å². The largest absolute Gasteiger partial charge is 0.416 e. The minimum atomic E-state index is -5.00. The van der Waals surface area contributed by atoms with Crippen LogP contribution in [0.2, 0.25) is 0 Å². The fraction of sp³-hybridized carbons (Fsp3) is 0.528. The number of hydrogen-bond donors (Lipinski definition) is 4. The van der Waals surface area contributed by atoms with E-state index in [1.54, 1.807) is 12.1 Å². The number of unbranched alkanes of at least 4 members (excludes halogenated alkanes) is 2. The molecule has 0 unspecified atom stereocenters. The summed E-state index contributed by atoms with van der Waals surface area (Å²) in [7, 11) is 2.21. The molecule has 3 aromatic rings. The molecule has 4 rings (SSSR count). The number of rotatable bonds is 13. The van der Waals surface area contributed by atoms with Crippen LogP contribution in [0.1, 0.15) is 100.0 Å². The molecule has 1 heterocycles. The van der Waals surface area contributed by atoms with Crippen molar-refractivity contribution in [2.24, 2.45) is 0 Å². The molecule has 0 aliphatic heterocycles. The number of aryl methyl sites for hydroxylation is 1. The first kappa shape index (κ1) is 39.7. The Labute approximate surface area is 285 Å². The summed E-state index contributed by atoms with van der Waals surface area (Å²) < 4.78 is 79.8. The summed E-state index contributed by atoms with van der Waals surface area (Å²) >= 11 is 0. The van der Waals surface area contributed by atoms with Crippen LogP contribution >= 0.6 is 0 Å². The molecule has 270 valence electrons. The smallest absolute Gasteiger partial charge is 0.393 e. The van der Waals surface area contributed by atoms with E-state index in [9.17, 15) is 31.4 Å². The molecular weight excluding hydrogens is 646 g/mol. The molecule has 2 aromatic carbocycles. The van der Waals surface area contributed by atoms with E-state index in [2.05, 4.69) is 46.4 Å². The van der Waals surface area contributed by atoms with E-state index in [-0.39, 0.29) is 29.6 Å². The van der Waals surface area contributed by atoms with E-state index >= 15 is 0 Å². The lowest BCUT2D eigenvalue weighted by Gasteiger charge is -2.27. The van der Waals surface area contributed by atoms with Crippen molar-refractivity contribution < 1.29 is 31.4 Å². The fourth-order valence-electron chi connectivity index (χ4n) is 5.49. The average Bonchev–Trinajstić information content (AvgIpc) is 3.05. The number of nitrogens with zero attached hydrogens (tertiary/aromatic N) is 3. The summed E-state index contributed by atoms with van der Waals surface area (Å²) in [6.45, 7) is 9.02. The van der Waals surface area contributed by atoms with Gasteiger partial charge in [0.15, 0.2) is 0 Å². The maximum Gasteiger partial charge on any atom is 0.416 e. The van der Waals surface area contributed by atoms with Crippen LogP contribution in [0.25, 0.3) is 0 Å². The quantitative estimate of drug-likeness (QED) is 0.0809. The van der Waals surface area contributed by atoms with Crippen molar-refractivity contribution in [3.63, 3.8) is 0 Å². The SMILES string of the molecule is CCCCCN(C)CCC.CCc1ccc(C(=N)c2cnc(Nc3cc(C(F)(F)F)cc(C(F)(F)F)c3)nc2NC2CCC(O)CC2)cc1. The van der Waals surface area contributed by atoms with E-state index in [0.717, 1.165) is 12.0 Å². The Balaban J connectivity index is 0.000000565. The summed E-state index contributed by atoms with van der Waals surface area (Å²) in [6.07, 6.45) is -0.553. The van der Waals surface area contributed by atoms with Gasteiger partial charge in [-0.1, -0.05) is 57.9 Å². The molecule has 7 nitrogen and oxygen atoms in total. The second-order valence-corrected chi connectivity index (χ2v) is 12.5. The van der Waals surface area contributed by atoms with Gasteiger partial charge in [-0.05, 0) is 88.8 Å². The molecule has 0 amide bonds. The first-order chi connectivity index (χ1) is 23.1. The predicted molar refractivity (Wildman–Crippen MR) is 183 cm³/mol. The van der Waals surface area contributed by atoms with Crippen LogP contribution in [0.5, 0.6) is 0 Å². The highest BCUT2D eigenvalue weighted by molar-refractivity contribution is 6.13. The maximum absolute atomic E-state index is 13.3. The number of alkyl halides is 6. The number of nitrogens with one attached hydrogen (secondary N) is 3. The first-order valence-electron chi connectivity index (χ1n) is 16.9.